The summed E-state index contributed by atoms with van der Waals surface area (Å²) in [6.07, 6.45) is -4.15. The number of nitrogens with zero attached hydrogens (tertiary/aromatic N) is 2. The van der Waals surface area contributed by atoms with Crippen LogP contribution in [0.1, 0.15) is 22.5 Å². The molecule has 3 nitrogen and oxygen atoms in total. The molecule has 21 heavy (non-hydrogen) atoms. The van der Waals surface area contributed by atoms with E-state index in [1.807, 2.05) is 19.1 Å². The van der Waals surface area contributed by atoms with Gasteiger partial charge in [0.25, 0.3) is 0 Å². The van der Waals surface area contributed by atoms with Crippen LogP contribution in [0.4, 0.5) is 13.2 Å². The topological polar surface area (TPSA) is 37.8 Å². The highest BCUT2D eigenvalue weighted by Gasteiger charge is 2.38. The van der Waals surface area contributed by atoms with Crippen LogP contribution in [0.5, 0.6) is 0 Å². The molecule has 0 bridgehead atoms. The molecule has 1 aromatic carbocycles. The number of fused-ring (bicyclic) bond motifs is 1. The van der Waals surface area contributed by atoms with E-state index in [2.05, 4.69) is 15.3 Å². The van der Waals surface area contributed by atoms with Crippen molar-refractivity contribution in [2.45, 2.75) is 26.1 Å². The molecule has 1 aliphatic rings. The van der Waals surface area contributed by atoms with Crippen molar-refractivity contribution in [3.8, 4) is 11.4 Å². The summed E-state index contributed by atoms with van der Waals surface area (Å²) in [5, 5.41) is 3.06. The summed E-state index contributed by atoms with van der Waals surface area (Å²) in [5.41, 5.74) is 1.36. The van der Waals surface area contributed by atoms with Crippen molar-refractivity contribution in [2.75, 3.05) is 6.54 Å². The molecule has 0 amide bonds. The Hall–Kier alpha value is -1.95. The third-order valence-electron chi connectivity index (χ3n) is 3.59. The lowest BCUT2D eigenvalue weighted by atomic mass is 10.0. The minimum absolute atomic E-state index is 0.142. The third-order valence-corrected chi connectivity index (χ3v) is 3.59. The van der Waals surface area contributed by atoms with Gasteiger partial charge in [0, 0.05) is 17.7 Å². The average Bonchev–Trinajstić information content (AvgIpc) is 2.45. The number of aryl methyl sites for hydroxylation is 1. The van der Waals surface area contributed by atoms with Gasteiger partial charge in [0.1, 0.15) is 0 Å². The minimum Gasteiger partial charge on any atom is -0.311 e. The molecule has 0 saturated heterocycles. The Kier molecular flexibility index (Phi) is 3.41. The summed E-state index contributed by atoms with van der Waals surface area (Å²) in [4.78, 5) is 8.17. The van der Waals surface area contributed by atoms with Crippen LogP contribution in [0.2, 0.25) is 0 Å². The van der Waals surface area contributed by atoms with Crippen molar-refractivity contribution in [3.63, 3.8) is 0 Å². The lowest BCUT2D eigenvalue weighted by Crippen LogP contribution is -2.28. The Morgan fingerprint density at radius 3 is 2.62 bits per heavy atom. The number of aromatic nitrogens is 2. The Labute approximate surface area is 120 Å². The van der Waals surface area contributed by atoms with Crippen LogP contribution in [-0.4, -0.2) is 16.5 Å². The second-order valence-corrected chi connectivity index (χ2v) is 5.06. The zero-order valence-corrected chi connectivity index (χ0v) is 11.5. The molecular formula is C15H14F3N3. The first-order chi connectivity index (χ1) is 9.97. The summed E-state index contributed by atoms with van der Waals surface area (Å²) in [6.45, 7) is 2.70. The minimum atomic E-state index is -4.46. The molecule has 0 unspecified atom stereocenters. The maximum atomic E-state index is 13.3. The number of benzene rings is 1. The molecule has 0 atom stereocenters. The molecule has 1 aromatic heterocycles. The molecule has 0 radical (unpaired) electrons. The average molecular weight is 293 g/mol. The Morgan fingerprint density at radius 2 is 1.90 bits per heavy atom. The smallest absolute Gasteiger partial charge is 0.311 e. The van der Waals surface area contributed by atoms with Crippen molar-refractivity contribution in [3.05, 3.63) is 46.8 Å². The number of hydrogen-bond donors (Lipinski definition) is 1. The number of halogens is 3. The van der Waals surface area contributed by atoms with Gasteiger partial charge in [-0.05, 0) is 25.5 Å². The van der Waals surface area contributed by atoms with E-state index in [9.17, 15) is 13.2 Å². The Bertz CT molecular complexity index is 680. The van der Waals surface area contributed by atoms with Gasteiger partial charge < -0.3 is 5.32 Å². The van der Waals surface area contributed by atoms with Gasteiger partial charge in [-0.2, -0.15) is 13.2 Å². The highest BCUT2D eigenvalue weighted by molar-refractivity contribution is 5.60. The van der Waals surface area contributed by atoms with Crippen LogP contribution < -0.4 is 5.32 Å². The third kappa shape index (κ3) is 2.63. The van der Waals surface area contributed by atoms with Gasteiger partial charge >= 0.3 is 6.18 Å². The lowest BCUT2D eigenvalue weighted by molar-refractivity contribution is -0.142. The first kappa shape index (κ1) is 14.0. The van der Waals surface area contributed by atoms with Crippen LogP contribution in [0, 0.1) is 6.92 Å². The largest absolute Gasteiger partial charge is 0.433 e. The van der Waals surface area contributed by atoms with Crippen LogP contribution in [0.3, 0.4) is 0 Å². The second kappa shape index (κ2) is 5.11. The molecular weight excluding hydrogens is 279 g/mol. The van der Waals surface area contributed by atoms with Gasteiger partial charge in [-0.15, -0.1) is 0 Å². The van der Waals surface area contributed by atoms with E-state index in [-0.39, 0.29) is 11.4 Å². The van der Waals surface area contributed by atoms with E-state index in [0.29, 0.717) is 30.8 Å². The molecule has 6 heteroatoms. The highest BCUT2D eigenvalue weighted by Crippen LogP contribution is 2.34. The fourth-order valence-electron chi connectivity index (χ4n) is 2.54. The normalized spacial score (nSPS) is 14.9. The predicted octanol–water partition coefficient (Wildman–Crippen LogP) is 3.12. The summed E-state index contributed by atoms with van der Waals surface area (Å²) in [5.74, 6) is 0.142. The van der Waals surface area contributed by atoms with Crippen LogP contribution in [0.15, 0.2) is 24.3 Å². The zero-order valence-electron chi connectivity index (χ0n) is 11.5. The maximum absolute atomic E-state index is 13.3. The van der Waals surface area contributed by atoms with E-state index in [1.54, 1.807) is 12.1 Å². The van der Waals surface area contributed by atoms with Gasteiger partial charge in [-0.1, -0.05) is 24.3 Å². The molecule has 2 heterocycles. The SMILES string of the molecule is Cc1ccccc1-c1nc2c(c(C(F)(F)F)n1)CCNC2. The Balaban J connectivity index is 2.22. The molecule has 0 spiro atoms. The first-order valence-corrected chi connectivity index (χ1v) is 6.70. The fraction of sp³-hybridized carbons (Fsp3) is 0.333. The number of rotatable bonds is 1. The van der Waals surface area contributed by atoms with Gasteiger partial charge in [-0.25, -0.2) is 9.97 Å². The number of nitrogens with one attached hydrogen (secondary N) is 1. The van der Waals surface area contributed by atoms with Gasteiger partial charge in [0.2, 0.25) is 0 Å². The van der Waals surface area contributed by atoms with Crippen molar-refractivity contribution >= 4 is 0 Å². The zero-order chi connectivity index (χ0) is 15.0. The summed E-state index contributed by atoms with van der Waals surface area (Å²) < 4.78 is 39.8. The maximum Gasteiger partial charge on any atom is 0.433 e. The summed E-state index contributed by atoms with van der Waals surface area (Å²) >= 11 is 0. The Morgan fingerprint density at radius 1 is 1.14 bits per heavy atom. The van der Waals surface area contributed by atoms with E-state index in [0.717, 1.165) is 5.56 Å². The molecule has 3 rings (SSSR count). The van der Waals surface area contributed by atoms with Crippen molar-refractivity contribution in [1.29, 1.82) is 0 Å². The van der Waals surface area contributed by atoms with Crippen LogP contribution >= 0.6 is 0 Å². The van der Waals surface area contributed by atoms with Crippen molar-refractivity contribution in [2.24, 2.45) is 0 Å². The molecule has 0 saturated carbocycles. The van der Waals surface area contributed by atoms with Gasteiger partial charge in [-0.3, -0.25) is 0 Å². The molecule has 2 aromatic rings. The first-order valence-electron chi connectivity index (χ1n) is 6.70. The molecule has 0 fully saturated rings. The molecule has 110 valence electrons. The van der Waals surface area contributed by atoms with E-state index < -0.39 is 11.9 Å². The van der Waals surface area contributed by atoms with Gasteiger partial charge in [0.05, 0.1) is 5.69 Å². The van der Waals surface area contributed by atoms with E-state index in [4.69, 9.17) is 0 Å². The lowest BCUT2D eigenvalue weighted by Gasteiger charge is -2.21. The molecule has 1 N–H and O–H groups in total. The van der Waals surface area contributed by atoms with Crippen molar-refractivity contribution < 1.29 is 13.2 Å². The monoisotopic (exact) mass is 293 g/mol. The summed E-state index contributed by atoms with van der Waals surface area (Å²) in [6, 6.07) is 7.19. The highest BCUT2D eigenvalue weighted by atomic mass is 19.4. The number of alkyl halides is 3. The quantitative estimate of drug-likeness (QED) is 0.878. The van der Waals surface area contributed by atoms with Gasteiger partial charge in [0.15, 0.2) is 11.5 Å². The number of hydrogen-bond acceptors (Lipinski definition) is 3. The standard InChI is InChI=1S/C15H14F3N3/c1-9-4-2-3-5-10(9)14-20-12-8-19-7-6-11(12)13(21-14)15(16,17)18/h2-5,19H,6-8H2,1H3. The fourth-order valence-corrected chi connectivity index (χ4v) is 2.54. The van der Waals surface area contributed by atoms with Crippen molar-refractivity contribution in [1.82, 2.24) is 15.3 Å². The van der Waals surface area contributed by atoms with Crippen LogP contribution in [-0.2, 0) is 19.1 Å². The van der Waals surface area contributed by atoms with Crippen LogP contribution in [0.25, 0.3) is 11.4 Å². The predicted molar refractivity (Wildman–Crippen MR) is 72.6 cm³/mol. The van der Waals surface area contributed by atoms with E-state index >= 15 is 0 Å². The van der Waals surface area contributed by atoms with E-state index in [1.165, 1.54) is 0 Å². The molecule has 1 aliphatic heterocycles. The molecule has 0 aliphatic carbocycles. The second-order valence-electron chi connectivity index (χ2n) is 5.06. The summed E-state index contributed by atoms with van der Waals surface area (Å²) in [7, 11) is 0.